The number of nitriles is 1. The van der Waals surface area contributed by atoms with Gasteiger partial charge in [-0.1, -0.05) is 42.0 Å². The van der Waals surface area contributed by atoms with Crippen molar-refractivity contribution in [2.24, 2.45) is 0 Å². The van der Waals surface area contributed by atoms with Crippen LogP contribution in [0, 0.1) is 25.2 Å². The molecule has 1 aromatic heterocycles. The number of aromatic nitrogens is 1. The van der Waals surface area contributed by atoms with Gasteiger partial charge in [0.15, 0.2) is 0 Å². The second kappa shape index (κ2) is 9.29. The van der Waals surface area contributed by atoms with E-state index < -0.39 is 0 Å². The number of thiazole rings is 1. The van der Waals surface area contributed by atoms with Crippen LogP contribution in [0.3, 0.4) is 0 Å². The molecule has 0 aliphatic rings. The summed E-state index contributed by atoms with van der Waals surface area (Å²) in [6, 6.07) is 25.8. The summed E-state index contributed by atoms with van der Waals surface area (Å²) in [5.41, 5.74) is 5.73. The van der Waals surface area contributed by atoms with Crippen molar-refractivity contribution >= 4 is 22.6 Å². The first-order chi connectivity index (χ1) is 15.1. The van der Waals surface area contributed by atoms with Crippen LogP contribution < -0.4 is 10.1 Å². The van der Waals surface area contributed by atoms with E-state index in [1.807, 2.05) is 60.0 Å². The zero-order valence-corrected chi connectivity index (χ0v) is 18.1. The van der Waals surface area contributed by atoms with Gasteiger partial charge in [-0.05, 0) is 55.8 Å². The van der Waals surface area contributed by atoms with Crippen molar-refractivity contribution in [2.45, 2.75) is 13.8 Å². The van der Waals surface area contributed by atoms with Gasteiger partial charge in [0.2, 0.25) is 0 Å². The topological polar surface area (TPSA) is 57.9 Å². The van der Waals surface area contributed by atoms with Crippen molar-refractivity contribution in [1.82, 2.24) is 4.98 Å². The summed E-state index contributed by atoms with van der Waals surface area (Å²) in [6.07, 6.45) is 1.69. The largest absolute Gasteiger partial charge is 0.457 e. The van der Waals surface area contributed by atoms with Crippen LogP contribution in [0.5, 0.6) is 11.5 Å². The molecule has 0 spiro atoms. The van der Waals surface area contributed by atoms with Gasteiger partial charge < -0.3 is 10.1 Å². The Morgan fingerprint density at radius 2 is 1.74 bits per heavy atom. The zero-order valence-electron chi connectivity index (χ0n) is 17.3. The van der Waals surface area contributed by atoms with Crippen LogP contribution in [0.1, 0.15) is 16.1 Å². The lowest BCUT2D eigenvalue weighted by atomic mass is 10.0. The van der Waals surface area contributed by atoms with E-state index in [-0.39, 0.29) is 0 Å². The number of hydrogen-bond acceptors (Lipinski definition) is 5. The SMILES string of the molecule is Cc1ccc(-c2csc(C(C#N)=CNc3ccc(Oc4ccccc4)cc3)n2)c(C)c1. The summed E-state index contributed by atoms with van der Waals surface area (Å²) in [5.74, 6) is 1.54. The Bertz CT molecular complexity index is 1250. The number of nitrogens with zero attached hydrogens (tertiary/aromatic N) is 2. The first-order valence-corrected chi connectivity index (χ1v) is 10.7. The molecule has 0 fully saturated rings. The minimum atomic E-state index is 0.491. The van der Waals surface area contributed by atoms with Gasteiger partial charge in [0.1, 0.15) is 28.1 Å². The van der Waals surface area contributed by atoms with E-state index in [4.69, 9.17) is 4.74 Å². The fourth-order valence-electron chi connectivity index (χ4n) is 3.16. The Hall–Kier alpha value is -3.88. The number of hydrogen-bond donors (Lipinski definition) is 1. The Morgan fingerprint density at radius 3 is 2.45 bits per heavy atom. The van der Waals surface area contributed by atoms with E-state index in [0.717, 1.165) is 28.4 Å². The molecule has 0 aliphatic carbocycles. The van der Waals surface area contributed by atoms with Crippen LogP contribution in [-0.2, 0) is 0 Å². The Morgan fingerprint density at radius 1 is 1.00 bits per heavy atom. The van der Waals surface area contributed by atoms with E-state index in [0.29, 0.717) is 10.6 Å². The summed E-state index contributed by atoms with van der Waals surface area (Å²) in [5, 5.41) is 15.5. The number of rotatable bonds is 6. The minimum absolute atomic E-state index is 0.491. The van der Waals surface area contributed by atoms with Gasteiger partial charge in [-0.15, -0.1) is 11.3 Å². The molecule has 0 amide bonds. The first kappa shape index (κ1) is 20.4. The van der Waals surface area contributed by atoms with Crippen molar-refractivity contribution in [3.8, 4) is 28.8 Å². The van der Waals surface area contributed by atoms with Crippen LogP contribution in [0.15, 0.2) is 84.4 Å². The van der Waals surface area contributed by atoms with Crippen molar-refractivity contribution in [2.75, 3.05) is 5.32 Å². The number of aryl methyl sites for hydroxylation is 2. The van der Waals surface area contributed by atoms with Crippen molar-refractivity contribution in [1.29, 1.82) is 5.26 Å². The molecular weight excluding hydrogens is 402 g/mol. The summed E-state index contributed by atoms with van der Waals surface area (Å²) >= 11 is 1.47. The summed E-state index contributed by atoms with van der Waals surface area (Å²) in [4.78, 5) is 4.68. The monoisotopic (exact) mass is 423 g/mol. The maximum Gasteiger partial charge on any atom is 0.136 e. The second-order valence-corrected chi connectivity index (χ2v) is 7.97. The second-order valence-electron chi connectivity index (χ2n) is 7.11. The molecule has 3 aromatic carbocycles. The molecule has 0 unspecified atom stereocenters. The molecule has 0 radical (unpaired) electrons. The van der Waals surface area contributed by atoms with Gasteiger partial charge in [-0.25, -0.2) is 4.98 Å². The lowest BCUT2D eigenvalue weighted by Gasteiger charge is -2.07. The number of allylic oxidation sites excluding steroid dienone is 1. The lowest BCUT2D eigenvalue weighted by Crippen LogP contribution is -1.92. The maximum absolute atomic E-state index is 9.62. The smallest absolute Gasteiger partial charge is 0.136 e. The van der Waals surface area contributed by atoms with Gasteiger partial charge in [-0.3, -0.25) is 0 Å². The van der Waals surface area contributed by atoms with E-state index in [9.17, 15) is 5.26 Å². The van der Waals surface area contributed by atoms with Crippen LogP contribution in [0.25, 0.3) is 16.8 Å². The fraction of sp³-hybridized carbons (Fsp3) is 0.0769. The summed E-state index contributed by atoms with van der Waals surface area (Å²) < 4.78 is 5.81. The van der Waals surface area contributed by atoms with Gasteiger partial charge >= 0.3 is 0 Å². The predicted molar refractivity (Wildman–Crippen MR) is 127 cm³/mol. The quantitative estimate of drug-likeness (QED) is 0.333. The highest BCUT2D eigenvalue weighted by molar-refractivity contribution is 7.11. The van der Waals surface area contributed by atoms with Gasteiger partial charge in [0.05, 0.1) is 5.69 Å². The average Bonchev–Trinajstić information content (AvgIpc) is 3.26. The number of anilines is 1. The highest BCUT2D eigenvalue weighted by Crippen LogP contribution is 2.29. The third-order valence-electron chi connectivity index (χ3n) is 4.73. The third kappa shape index (κ3) is 5.00. The maximum atomic E-state index is 9.62. The Kier molecular flexibility index (Phi) is 6.11. The highest BCUT2D eigenvalue weighted by Gasteiger charge is 2.11. The van der Waals surface area contributed by atoms with Gasteiger partial charge in [-0.2, -0.15) is 5.26 Å². The van der Waals surface area contributed by atoms with E-state index in [1.54, 1.807) is 6.20 Å². The Labute approximate surface area is 186 Å². The standard InChI is InChI=1S/C26H21N3OS/c1-18-8-13-24(19(2)14-18)25-17-31-26(29-25)20(15-27)16-28-21-9-11-23(12-10-21)30-22-6-4-3-5-7-22/h3-14,16-17,28H,1-2H3. The molecule has 4 aromatic rings. The molecule has 31 heavy (non-hydrogen) atoms. The number of ether oxygens (including phenoxy) is 1. The molecule has 0 saturated heterocycles. The zero-order chi connectivity index (χ0) is 21.6. The van der Waals surface area contributed by atoms with E-state index in [1.165, 1.54) is 22.5 Å². The molecule has 1 heterocycles. The van der Waals surface area contributed by atoms with Crippen LogP contribution in [0.2, 0.25) is 0 Å². The molecule has 1 N–H and O–H groups in total. The third-order valence-corrected chi connectivity index (χ3v) is 5.60. The lowest BCUT2D eigenvalue weighted by molar-refractivity contribution is 0.483. The van der Waals surface area contributed by atoms with Crippen LogP contribution in [-0.4, -0.2) is 4.98 Å². The highest BCUT2D eigenvalue weighted by atomic mass is 32.1. The normalized spacial score (nSPS) is 11.1. The summed E-state index contributed by atoms with van der Waals surface area (Å²) in [7, 11) is 0. The molecule has 4 nitrogen and oxygen atoms in total. The average molecular weight is 424 g/mol. The number of benzene rings is 3. The molecule has 0 aliphatic heterocycles. The fourth-order valence-corrected chi connectivity index (χ4v) is 3.95. The molecule has 0 atom stereocenters. The van der Waals surface area contributed by atoms with Crippen molar-refractivity contribution in [3.63, 3.8) is 0 Å². The van der Waals surface area contributed by atoms with E-state index in [2.05, 4.69) is 48.4 Å². The molecule has 152 valence electrons. The molecule has 5 heteroatoms. The van der Waals surface area contributed by atoms with Gasteiger partial charge in [0.25, 0.3) is 0 Å². The Balaban J connectivity index is 1.47. The minimum Gasteiger partial charge on any atom is -0.457 e. The predicted octanol–water partition coefficient (Wildman–Crippen LogP) is 7.20. The molecule has 4 rings (SSSR count). The summed E-state index contributed by atoms with van der Waals surface area (Å²) in [6.45, 7) is 4.15. The van der Waals surface area contributed by atoms with Crippen molar-refractivity contribution in [3.05, 3.63) is 101 Å². The van der Waals surface area contributed by atoms with Crippen molar-refractivity contribution < 1.29 is 4.74 Å². The number of nitrogens with one attached hydrogen (secondary N) is 1. The van der Waals surface area contributed by atoms with Gasteiger partial charge in [0, 0.05) is 22.8 Å². The van der Waals surface area contributed by atoms with Crippen LogP contribution in [0.4, 0.5) is 5.69 Å². The molecule has 0 saturated carbocycles. The first-order valence-electron chi connectivity index (χ1n) is 9.86. The van der Waals surface area contributed by atoms with Crippen LogP contribution >= 0.6 is 11.3 Å². The molecule has 0 bridgehead atoms. The van der Waals surface area contributed by atoms with E-state index >= 15 is 0 Å². The number of para-hydroxylation sites is 1. The molecular formula is C26H21N3OS.